The Balaban J connectivity index is 2.53. The van der Waals surface area contributed by atoms with Gasteiger partial charge in [0.05, 0.1) is 18.3 Å². The summed E-state index contributed by atoms with van der Waals surface area (Å²) in [5.74, 6) is 0. The van der Waals surface area contributed by atoms with Crippen LogP contribution in [0.5, 0.6) is 0 Å². The van der Waals surface area contributed by atoms with Gasteiger partial charge in [-0.1, -0.05) is 11.6 Å². The average molecular weight is 233 g/mol. The molecule has 0 bridgehead atoms. The molecule has 0 aliphatic rings. The monoisotopic (exact) mass is 233 g/mol. The van der Waals surface area contributed by atoms with E-state index in [1.807, 2.05) is 13.0 Å². The number of rotatable bonds is 3. The molecule has 1 unspecified atom stereocenters. The summed E-state index contributed by atoms with van der Waals surface area (Å²) in [6, 6.07) is 5.04. The first-order valence-electron chi connectivity index (χ1n) is 5.49. The van der Waals surface area contributed by atoms with Crippen LogP contribution < -0.4 is 11.2 Å². The molecule has 2 aromatic rings. The summed E-state index contributed by atoms with van der Waals surface area (Å²) in [5.41, 5.74) is 7.63. The molecule has 0 aliphatic heterocycles. The van der Waals surface area contributed by atoms with E-state index in [2.05, 4.69) is 0 Å². The summed E-state index contributed by atoms with van der Waals surface area (Å²) in [4.78, 5) is 12.1. The van der Waals surface area contributed by atoms with Crippen LogP contribution in [-0.4, -0.2) is 17.8 Å². The van der Waals surface area contributed by atoms with Gasteiger partial charge in [0.25, 0.3) is 0 Å². The molecule has 0 spiro atoms. The van der Waals surface area contributed by atoms with Crippen LogP contribution in [0.4, 0.5) is 0 Å². The molecule has 0 saturated heterocycles. The number of aliphatic hydroxyl groups excluding tert-OH is 1. The predicted octanol–water partition coefficient (Wildman–Crippen LogP) is 0.964. The van der Waals surface area contributed by atoms with Crippen LogP contribution in [0.1, 0.15) is 11.1 Å². The van der Waals surface area contributed by atoms with E-state index in [1.54, 1.807) is 12.1 Å². The van der Waals surface area contributed by atoms with Crippen molar-refractivity contribution < 1.29 is 9.52 Å². The lowest BCUT2D eigenvalue weighted by Gasteiger charge is -2.07. The number of benzene rings is 1. The quantitative estimate of drug-likeness (QED) is 0.828. The zero-order valence-corrected chi connectivity index (χ0v) is 9.64. The SMILES string of the molecule is Cc1ccc2occ(CC(N)CO)c(=O)c2c1. The van der Waals surface area contributed by atoms with Crippen molar-refractivity contribution in [2.45, 2.75) is 19.4 Å². The minimum absolute atomic E-state index is 0.0705. The van der Waals surface area contributed by atoms with Crippen molar-refractivity contribution in [3.63, 3.8) is 0 Å². The Bertz CT molecular complexity index is 589. The molecule has 0 fully saturated rings. The fourth-order valence-corrected chi connectivity index (χ4v) is 1.77. The maximum absolute atomic E-state index is 12.1. The van der Waals surface area contributed by atoms with Crippen LogP contribution >= 0.6 is 0 Å². The van der Waals surface area contributed by atoms with Gasteiger partial charge in [0.1, 0.15) is 5.58 Å². The van der Waals surface area contributed by atoms with Crippen LogP contribution in [-0.2, 0) is 6.42 Å². The van der Waals surface area contributed by atoms with Crippen molar-refractivity contribution in [2.75, 3.05) is 6.61 Å². The molecule has 90 valence electrons. The van der Waals surface area contributed by atoms with Gasteiger partial charge < -0.3 is 15.3 Å². The van der Waals surface area contributed by atoms with Gasteiger partial charge in [0.2, 0.25) is 0 Å². The van der Waals surface area contributed by atoms with Crippen molar-refractivity contribution in [2.24, 2.45) is 5.73 Å². The smallest absolute Gasteiger partial charge is 0.195 e. The Kier molecular flexibility index (Phi) is 3.26. The molecule has 0 amide bonds. The van der Waals surface area contributed by atoms with E-state index in [1.165, 1.54) is 6.26 Å². The number of aryl methyl sites for hydroxylation is 1. The van der Waals surface area contributed by atoms with Gasteiger partial charge in [-0.2, -0.15) is 0 Å². The van der Waals surface area contributed by atoms with Crippen LogP contribution in [0.3, 0.4) is 0 Å². The van der Waals surface area contributed by atoms with E-state index in [0.29, 0.717) is 23.0 Å². The van der Waals surface area contributed by atoms with Gasteiger partial charge in [0, 0.05) is 11.6 Å². The zero-order valence-electron chi connectivity index (χ0n) is 9.64. The second-order valence-corrected chi connectivity index (χ2v) is 4.24. The van der Waals surface area contributed by atoms with Crippen LogP contribution in [0, 0.1) is 6.92 Å². The van der Waals surface area contributed by atoms with Crippen LogP contribution in [0.25, 0.3) is 11.0 Å². The molecule has 1 aromatic heterocycles. The lowest BCUT2D eigenvalue weighted by molar-refractivity contribution is 0.265. The van der Waals surface area contributed by atoms with E-state index in [-0.39, 0.29) is 12.0 Å². The van der Waals surface area contributed by atoms with Gasteiger partial charge in [-0.15, -0.1) is 0 Å². The predicted molar refractivity (Wildman–Crippen MR) is 66.0 cm³/mol. The molecule has 1 heterocycles. The molecular weight excluding hydrogens is 218 g/mol. The third-order valence-corrected chi connectivity index (χ3v) is 2.72. The topological polar surface area (TPSA) is 76.5 Å². The third kappa shape index (κ3) is 2.38. The van der Waals surface area contributed by atoms with E-state index in [0.717, 1.165) is 5.56 Å². The Morgan fingerprint density at radius 2 is 2.24 bits per heavy atom. The molecular formula is C13H15NO3. The van der Waals surface area contributed by atoms with Gasteiger partial charge in [0.15, 0.2) is 5.43 Å². The molecule has 0 aliphatic carbocycles. The Hall–Kier alpha value is -1.65. The molecule has 4 heteroatoms. The fraction of sp³-hybridized carbons (Fsp3) is 0.308. The van der Waals surface area contributed by atoms with Crippen LogP contribution in [0.2, 0.25) is 0 Å². The Labute approximate surface area is 98.7 Å². The van der Waals surface area contributed by atoms with Crippen LogP contribution in [0.15, 0.2) is 33.7 Å². The summed E-state index contributed by atoms with van der Waals surface area (Å²) >= 11 is 0. The highest BCUT2D eigenvalue weighted by molar-refractivity contribution is 5.77. The second kappa shape index (κ2) is 4.69. The highest BCUT2D eigenvalue weighted by Gasteiger charge is 2.10. The first-order chi connectivity index (χ1) is 8.11. The van der Waals surface area contributed by atoms with Gasteiger partial charge >= 0.3 is 0 Å². The third-order valence-electron chi connectivity index (χ3n) is 2.72. The first-order valence-corrected chi connectivity index (χ1v) is 5.49. The normalized spacial score (nSPS) is 12.9. The first kappa shape index (κ1) is 11.8. The largest absolute Gasteiger partial charge is 0.464 e. The van der Waals surface area contributed by atoms with Crippen molar-refractivity contribution in [1.82, 2.24) is 0 Å². The number of nitrogens with two attached hydrogens (primary N) is 1. The Morgan fingerprint density at radius 3 is 2.94 bits per heavy atom. The van der Waals surface area contributed by atoms with E-state index >= 15 is 0 Å². The molecule has 4 nitrogen and oxygen atoms in total. The van der Waals surface area contributed by atoms with Crippen molar-refractivity contribution in [3.8, 4) is 0 Å². The fourth-order valence-electron chi connectivity index (χ4n) is 1.77. The van der Waals surface area contributed by atoms with Gasteiger partial charge in [-0.05, 0) is 25.5 Å². The standard InChI is InChI=1S/C13H15NO3/c1-8-2-3-12-11(4-8)13(16)9(7-17-12)5-10(14)6-15/h2-4,7,10,15H,5-6,14H2,1H3. The molecule has 0 saturated carbocycles. The van der Waals surface area contributed by atoms with E-state index in [9.17, 15) is 4.79 Å². The molecule has 2 rings (SSSR count). The summed E-state index contributed by atoms with van der Waals surface area (Å²) in [5, 5.41) is 9.45. The van der Waals surface area contributed by atoms with Gasteiger partial charge in [-0.3, -0.25) is 4.79 Å². The number of fused-ring (bicyclic) bond motifs is 1. The highest BCUT2D eigenvalue weighted by atomic mass is 16.3. The zero-order chi connectivity index (χ0) is 12.4. The molecule has 0 radical (unpaired) electrons. The van der Waals surface area contributed by atoms with E-state index in [4.69, 9.17) is 15.3 Å². The summed E-state index contributed by atoms with van der Waals surface area (Å²) in [6.07, 6.45) is 1.75. The average Bonchev–Trinajstić information content (AvgIpc) is 2.33. The summed E-state index contributed by atoms with van der Waals surface area (Å²) < 4.78 is 5.39. The minimum Gasteiger partial charge on any atom is -0.464 e. The lowest BCUT2D eigenvalue weighted by Crippen LogP contribution is -2.29. The van der Waals surface area contributed by atoms with E-state index < -0.39 is 6.04 Å². The second-order valence-electron chi connectivity index (χ2n) is 4.24. The van der Waals surface area contributed by atoms with Crippen molar-refractivity contribution in [1.29, 1.82) is 0 Å². The Morgan fingerprint density at radius 1 is 1.47 bits per heavy atom. The maximum atomic E-state index is 12.1. The number of hydrogen-bond acceptors (Lipinski definition) is 4. The maximum Gasteiger partial charge on any atom is 0.195 e. The summed E-state index contributed by atoms with van der Waals surface area (Å²) in [6.45, 7) is 1.77. The van der Waals surface area contributed by atoms with Crippen molar-refractivity contribution in [3.05, 3.63) is 45.8 Å². The van der Waals surface area contributed by atoms with Gasteiger partial charge in [-0.25, -0.2) is 0 Å². The molecule has 17 heavy (non-hydrogen) atoms. The molecule has 1 aromatic carbocycles. The molecule has 3 N–H and O–H groups in total. The summed E-state index contributed by atoms with van der Waals surface area (Å²) in [7, 11) is 0. The number of aliphatic hydroxyl groups is 1. The highest BCUT2D eigenvalue weighted by Crippen LogP contribution is 2.13. The minimum atomic E-state index is -0.430. The lowest BCUT2D eigenvalue weighted by atomic mass is 10.1. The number of hydrogen-bond donors (Lipinski definition) is 2. The molecule has 1 atom stereocenters. The van der Waals surface area contributed by atoms with Crippen molar-refractivity contribution >= 4 is 11.0 Å².